The number of ether oxygens (including phenoxy) is 1. The number of ketones is 1. The number of thioether (sulfide) groups is 1. The first-order valence-electron chi connectivity index (χ1n) is 9.63. The van der Waals surface area contributed by atoms with Gasteiger partial charge in [0.2, 0.25) is 0 Å². The van der Waals surface area contributed by atoms with Crippen LogP contribution in [-0.2, 0) is 26.3 Å². The lowest BCUT2D eigenvalue weighted by molar-refractivity contribution is -0.171. The van der Waals surface area contributed by atoms with Crippen LogP contribution in [0.15, 0.2) is 76.3 Å². The molecule has 0 bridgehead atoms. The van der Waals surface area contributed by atoms with Crippen molar-refractivity contribution in [3.63, 3.8) is 0 Å². The first-order valence-corrected chi connectivity index (χ1v) is 11.4. The largest absolute Gasteiger partial charge is 0.453 e. The highest BCUT2D eigenvalue weighted by molar-refractivity contribution is 8.03. The second kappa shape index (κ2) is 8.56. The van der Waals surface area contributed by atoms with Gasteiger partial charge in [-0.25, -0.2) is 0 Å². The lowest BCUT2D eigenvalue weighted by Crippen LogP contribution is -2.47. The fourth-order valence-corrected chi connectivity index (χ4v) is 5.82. The highest BCUT2D eigenvalue weighted by Gasteiger charge is 2.48. The Morgan fingerprint density at radius 3 is 2.34 bits per heavy atom. The Morgan fingerprint density at radius 2 is 1.72 bits per heavy atom. The molecule has 0 aliphatic carbocycles. The Balaban J connectivity index is 1.60. The van der Waals surface area contributed by atoms with Crippen molar-refractivity contribution in [3.05, 3.63) is 88.8 Å². The summed E-state index contributed by atoms with van der Waals surface area (Å²) in [4.78, 5) is 26.1. The van der Waals surface area contributed by atoms with E-state index in [9.17, 15) is 9.59 Å². The van der Waals surface area contributed by atoms with Crippen LogP contribution in [0.1, 0.15) is 29.5 Å². The lowest BCUT2D eigenvalue weighted by atomic mass is 9.81. The third-order valence-corrected chi connectivity index (χ3v) is 7.88. The van der Waals surface area contributed by atoms with E-state index in [1.165, 1.54) is 11.8 Å². The van der Waals surface area contributed by atoms with E-state index in [0.29, 0.717) is 6.42 Å². The van der Waals surface area contributed by atoms with Crippen LogP contribution in [-0.4, -0.2) is 17.0 Å². The molecule has 5 heteroatoms. The highest BCUT2D eigenvalue weighted by Crippen LogP contribution is 2.43. The Labute approximate surface area is 179 Å². The van der Waals surface area contributed by atoms with Gasteiger partial charge in [0, 0.05) is 0 Å². The Kier molecular flexibility index (Phi) is 5.88. The maximum absolute atomic E-state index is 13.1. The lowest BCUT2D eigenvalue weighted by Gasteiger charge is -2.39. The molecule has 3 aromatic rings. The number of carbonyl (C=O) groups excluding carboxylic acids is 2. The molecule has 2 unspecified atom stereocenters. The first-order chi connectivity index (χ1) is 14.1. The van der Waals surface area contributed by atoms with Crippen molar-refractivity contribution in [1.29, 1.82) is 0 Å². The van der Waals surface area contributed by atoms with Gasteiger partial charge in [0.25, 0.3) is 0 Å². The van der Waals surface area contributed by atoms with Gasteiger partial charge < -0.3 is 4.74 Å². The van der Waals surface area contributed by atoms with Crippen LogP contribution in [0.5, 0.6) is 0 Å². The molecule has 3 nitrogen and oxygen atoms in total. The molecule has 1 saturated heterocycles. The highest BCUT2D eigenvalue weighted by atomic mass is 32.2. The smallest absolute Gasteiger partial charge is 0.328 e. The first kappa shape index (κ1) is 19.9. The SMILES string of the molecule is Cc1ccsc1SC1C(=O)CC(CCc2ccccc2)(c2ccccc2)OC1=O. The van der Waals surface area contributed by atoms with E-state index in [4.69, 9.17) is 4.74 Å². The Morgan fingerprint density at radius 1 is 1.03 bits per heavy atom. The van der Waals surface area contributed by atoms with Gasteiger partial charge in [-0.2, -0.15) is 0 Å². The van der Waals surface area contributed by atoms with E-state index < -0.39 is 16.8 Å². The maximum Gasteiger partial charge on any atom is 0.328 e. The second-order valence-corrected chi connectivity index (χ2v) is 9.59. The molecule has 0 saturated carbocycles. The number of hydrogen-bond acceptors (Lipinski definition) is 5. The van der Waals surface area contributed by atoms with Gasteiger partial charge in [0.15, 0.2) is 11.0 Å². The molecule has 0 amide bonds. The minimum Gasteiger partial charge on any atom is -0.453 e. The molecule has 1 aromatic heterocycles. The zero-order valence-corrected chi connectivity index (χ0v) is 17.8. The molecule has 0 N–H and O–H groups in total. The molecule has 1 aliphatic rings. The molecule has 1 aliphatic heterocycles. The Bertz CT molecular complexity index is 977. The van der Waals surface area contributed by atoms with Gasteiger partial charge >= 0.3 is 5.97 Å². The number of esters is 1. The minimum absolute atomic E-state index is 0.0593. The predicted octanol–water partition coefficient (Wildman–Crippen LogP) is 5.56. The molecule has 2 atom stereocenters. The molecule has 148 valence electrons. The molecular weight excluding hydrogens is 400 g/mol. The van der Waals surface area contributed by atoms with Gasteiger partial charge in [-0.3, -0.25) is 9.59 Å². The number of aryl methyl sites for hydroxylation is 2. The van der Waals surface area contributed by atoms with Crippen molar-refractivity contribution in [2.45, 2.75) is 41.2 Å². The van der Waals surface area contributed by atoms with Crippen LogP contribution in [0.2, 0.25) is 0 Å². The number of carbonyl (C=O) groups is 2. The van der Waals surface area contributed by atoms with Crippen LogP contribution >= 0.6 is 23.1 Å². The van der Waals surface area contributed by atoms with E-state index in [2.05, 4.69) is 12.1 Å². The van der Waals surface area contributed by atoms with E-state index in [-0.39, 0.29) is 12.2 Å². The third-order valence-electron chi connectivity index (χ3n) is 5.26. The van der Waals surface area contributed by atoms with E-state index in [0.717, 1.165) is 27.3 Å². The summed E-state index contributed by atoms with van der Waals surface area (Å²) < 4.78 is 7.07. The van der Waals surface area contributed by atoms with Gasteiger partial charge in [-0.05, 0) is 47.9 Å². The molecule has 1 fully saturated rings. The maximum atomic E-state index is 13.1. The predicted molar refractivity (Wildman–Crippen MR) is 117 cm³/mol. The zero-order valence-electron chi connectivity index (χ0n) is 16.2. The summed E-state index contributed by atoms with van der Waals surface area (Å²) in [6.07, 6.45) is 1.52. The normalized spacial score (nSPS) is 21.8. The van der Waals surface area contributed by atoms with Crippen molar-refractivity contribution in [2.75, 3.05) is 0 Å². The van der Waals surface area contributed by atoms with Gasteiger partial charge in [0.1, 0.15) is 5.60 Å². The molecule has 29 heavy (non-hydrogen) atoms. The summed E-state index contributed by atoms with van der Waals surface area (Å²) in [7, 11) is 0. The molecule has 0 spiro atoms. The number of hydrogen-bond donors (Lipinski definition) is 0. The van der Waals surface area contributed by atoms with E-state index >= 15 is 0 Å². The van der Waals surface area contributed by atoms with Crippen molar-refractivity contribution < 1.29 is 14.3 Å². The van der Waals surface area contributed by atoms with Crippen LogP contribution in [0.4, 0.5) is 0 Å². The number of cyclic esters (lactones) is 1. The standard InChI is InChI=1S/C24H22O3S2/c1-17-13-15-28-23(17)29-21-20(25)16-24(27-22(21)26,19-10-6-3-7-11-19)14-12-18-8-4-2-5-9-18/h2-11,13,15,21H,12,14,16H2,1H3. The summed E-state index contributed by atoms with van der Waals surface area (Å²) in [6.45, 7) is 1.99. The van der Waals surface area contributed by atoms with Crippen LogP contribution in [0.3, 0.4) is 0 Å². The minimum atomic E-state index is -0.910. The van der Waals surface area contributed by atoms with Crippen molar-refractivity contribution in [2.24, 2.45) is 0 Å². The quantitative estimate of drug-likeness (QED) is 0.385. The van der Waals surface area contributed by atoms with Crippen LogP contribution in [0, 0.1) is 6.92 Å². The topological polar surface area (TPSA) is 43.4 Å². The summed E-state index contributed by atoms with van der Waals surface area (Å²) in [6, 6.07) is 21.8. The number of thiophene rings is 1. The average molecular weight is 423 g/mol. The summed E-state index contributed by atoms with van der Waals surface area (Å²) >= 11 is 2.87. The van der Waals surface area contributed by atoms with Crippen molar-refractivity contribution in [3.8, 4) is 0 Å². The summed E-state index contributed by atoms with van der Waals surface area (Å²) in [5, 5.41) is 1.19. The Hall–Kier alpha value is -2.37. The molecule has 2 heterocycles. The second-order valence-electron chi connectivity index (χ2n) is 7.30. The number of benzene rings is 2. The van der Waals surface area contributed by atoms with E-state index in [1.54, 1.807) is 11.3 Å². The molecular formula is C24H22O3S2. The molecule has 0 radical (unpaired) electrons. The van der Waals surface area contributed by atoms with Crippen LogP contribution < -0.4 is 0 Å². The van der Waals surface area contributed by atoms with Crippen molar-refractivity contribution in [1.82, 2.24) is 0 Å². The van der Waals surface area contributed by atoms with Gasteiger partial charge in [-0.1, -0.05) is 72.4 Å². The molecule has 2 aromatic carbocycles. The average Bonchev–Trinajstić information content (AvgIpc) is 3.15. The number of Topliss-reactive ketones (excluding diaryl/α,β-unsaturated/α-hetero) is 1. The van der Waals surface area contributed by atoms with Crippen molar-refractivity contribution >= 4 is 34.9 Å². The fourth-order valence-electron chi connectivity index (χ4n) is 3.67. The number of rotatable bonds is 6. The summed E-state index contributed by atoms with van der Waals surface area (Å²) in [5.41, 5.74) is 2.22. The van der Waals surface area contributed by atoms with Gasteiger partial charge in [-0.15, -0.1) is 11.3 Å². The fraction of sp³-hybridized carbons (Fsp3) is 0.250. The summed E-state index contributed by atoms with van der Waals surface area (Å²) in [5.74, 6) is -0.494. The monoisotopic (exact) mass is 422 g/mol. The van der Waals surface area contributed by atoms with Crippen LogP contribution in [0.25, 0.3) is 0 Å². The zero-order chi connectivity index (χ0) is 20.3. The third kappa shape index (κ3) is 4.31. The van der Waals surface area contributed by atoms with Gasteiger partial charge in [0.05, 0.1) is 10.6 Å². The molecule has 4 rings (SSSR count). The van der Waals surface area contributed by atoms with E-state index in [1.807, 2.05) is 66.9 Å².